The van der Waals surface area contributed by atoms with Gasteiger partial charge in [-0.25, -0.2) is 0 Å². The number of fused-ring (bicyclic) bond motifs is 1. The number of aliphatic hydroxyl groups excluding tert-OH is 1. The van der Waals surface area contributed by atoms with Crippen LogP contribution in [0.3, 0.4) is 0 Å². The predicted molar refractivity (Wildman–Crippen MR) is 112 cm³/mol. The van der Waals surface area contributed by atoms with Crippen LogP contribution in [0.15, 0.2) is 53.7 Å². The minimum Gasteiger partial charge on any atom is -0.497 e. The Hall–Kier alpha value is -3.17. The van der Waals surface area contributed by atoms with Gasteiger partial charge >= 0.3 is 0 Å². The fourth-order valence-corrected chi connectivity index (χ4v) is 4.10. The van der Waals surface area contributed by atoms with E-state index in [1.165, 1.54) is 11.8 Å². The molecule has 0 unspecified atom stereocenters. The van der Waals surface area contributed by atoms with Gasteiger partial charge in [0.25, 0.3) is 11.8 Å². The van der Waals surface area contributed by atoms with Gasteiger partial charge in [0.1, 0.15) is 5.75 Å². The van der Waals surface area contributed by atoms with Crippen LogP contribution in [0.5, 0.6) is 5.75 Å². The molecule has 2 aromatic carbocycles. The summed E-state index contributed by atoms with van der Waals surface area (Å²) in [6, 6.07) is 14.2. The summed E-state index contributed by atoms with van der Waals surface area (Å²) in [7, 11) is 3.46. The van der Waals surface area contributed by atoms with E-state index in [1.54, 1.807) is 31.4 Å². The number of rotatable bonds is 7. The molecule has 3 aromatic rings. The Labute approximate surface area is 177 Å². The molecule has 30 heavy (non-hydrogen) atoms. The summed E-state index contributed by atoms with van der Waals surface area (Å²) in [5.74, 6) is 0.962. The largest absolute Gasteiger partial charge is 0.497 e. The van der Waals surface area contributed by atoms with Crippen molar-refractivity contribution >= 4 is 23.6 Å². The number of benzene rings is 2. The number of aliphatic hydroxyl groups is 1. The average Bonchev–Trinajstić information content (AvgIpc) is 3.25. The van der Waals surface area contributed by atoms with Crippen molar-refractivity contribution < 1.29 is 19.4 Å². The Balaban J connectivity index is 1.39. The average molecular weight is 424 g/mol. The highest BCUT2D eigenvalue weighted by Crippen LogP contribution is 2.26. The maximum absolute atomic E-state index is 12.4. The molecule has 1 aliphatic rings. The number of imide groups is 1. The van der Waals surface area contributed by atoms with Gasteiger partial charge in [-0.05, 0) is 36.4 Å². The Morgan fingerprint density at radius 2 is 1.67 bits per heavy atom. The van der Waals surface area contributed by atoms with E-state index < -0.39 is 6.10 Å². The van der Waals surface area contributed by atoms with Gasteiger partial charge in [-0.15, -0.1) is 10.2 Å². The van der Waals surface area contributed by atoms with E-state index in [1.807, 2.05) is 35.9 Å². The molecule has 2 amide bonds. The minimum atomic E-state index is -0.890. The van der Waals surface area contributed by atoms with Crippen molar-refractivity contribution in [2.24, 2.45) is 7.05 Å². The SMILES string of the molecule is COc1ccc(-c2nnc(SC[C@H](O)CN3C(=O)c4ccccc4C3=O)n2C)cc1. The van der Waals surface area contributed by atoms with Gasteiger partial charge in [0, 0.05) is 18.4 Å². The molecule has 1 N–H and O–H groups in total. The minimum absolute atomic E-state index is 0.0669. The molecule has 4 rings (SSSR count). The second-order valence-corrected chi connectivity index (χ2v) is 7.81. The standard InChI is InChI=1S/C21H20N4O4S/c1-24-18(13-7-9-15(29-2)10-8-13)22-23-21(24)30-12-14(26)11-25-19(27)16-5-3-4-6-17(16)20(25)28/h3-10,14,26H,11-12H2,1-2H3/t14-/m1/s1. The number of amides is 2. The first-order valence-corrected chi connectivity index (χ1v) is 10.3. The quantitative estimate of drug-likeness (QED) is 0.459. The van der Waals surface area contributed by atoms with Crippen molar-refractivity contribution in [3.05, 3.63) is 59.7 Å². The first-order chi connectivity index (χ1) is 14.5. The van der Waals surface area contributed by atoms with E-state index in [4.69, 9.17) is 4.74 Å². The van der Waals surface area contributed by atoms with Crippen LogP contribution in [0.25, 0.3) is 11.4 Å². The second kappa shape index (κ2) is 8.29. The number of hydrogen-bond donors (Lipinski definition) is 1. The van der Waals surface area contributed by atoms with E-state index in [0.717, 1.165) is 16.2 Å². The second-order valence-electron chi connectivity index (χ2n) is 6.83. The zero-order valence-electron chi connectivity index (χ0n) is 16.5. The van der Waals surface area contributed by atoms with Gasteiger partial charge in [-0.3, -0.25) is 14.5 Å². The fraction of sp³-hybridized carbons (Fsp3) is 0.238. The molecule has 9 heteroatoms. The first-order valence-electron chi connectivity index (χ1n) is 9.29. The molecule has 1 aliphatic heterocycles. The lowest BCUT2D eigenvalue weighted by Gasteiger charge is -2.18. The summed E-state index contributed by atoms with van der Waals surface area (Å²) in [6.07, 6.45) is -0.890. The van der Waals surface area contributed by atoms with E-state index in [-0.39, 0.29) is 24.1 Å². The van der Waals surface area contributed by atoms with Gasteiger partial charge in [0.2, 0.25) is 0 Å². The highest BCUT2D eigenvalue weighted by atomic mass is 32.2. The summed E-state index contributed by atoms with van der Waals surface area (Å²) in [4.78, 5) is 26.0. The molecule has 1 atom stereocenters. The Morgan fingerprint density at radius 3 is 2.27 bits per heavy atom. The normalized spacial score (nSPS) is 14.2. The van der Waals surface area contributed by atoms with Gasteiger partial charge in [0.05, 0.1) is 30.9 Å². The maximum atomic E-state index is 12.4. The summed E-state index contributed by atoms with van der Waals surface area (Å²) < 4.78 is 7.00. The van der Waals surface area contributed by atoms with Crippen molar-refractivity contribution in [2.75, 3.05) is 19.4 Å². The fourth-order valence-electron chi connectivity index (χ4n) is 3.27. The zero-order chi connectivity index (χ0) is 21.3. The molecule has 0 spiro atoms. The van der Waals surface area contributed by atoms with Gasteiger partial charge in [-0.1, -0.05) is 23.9 Å². The highest BCUT2D eigenvalue weighted by Gasteiger charge is 2.36. The van der Waals surface area contributed by atoms with E-state index in [2.05, 4.69) is 10.2 Å². The zero-order valence-corrected chi connectivity index (χ0v) is 17.3. The highest BCUT2D eigenvalue weighted by molar-refractivity contribution is 7.99. The molecule has 0 saturated heterocycles. The van der Waals surface area contributed by atoms with E-state index >= 15 is 0 Å². The lowest BCUT2D eigenvalue weighted by atomic mass is 10.1. The van der Waals surface area contributed by atoms with Crippen molar-refractivity contribution in [1.82, 2.24) is 19.7 Å². The number of hydrogen-bond acceptors (Lipinski definition) is 7. The maximum Gasteiger partial charge on any atom is 0.261 e. The third kappa shape index (κ3) is 3.69. The molecule has 1 aromatic heterocycles. The summed E-state index contributed by atoms with van der Waals surface area (Å²) in [5, 5.41) is 19.5. The van der Waals surface area contributed by atoms with Crippen molar-refractivity contribution in [2.45, 2.75) is 11.3 Å². The third-order valence-corrected chi connectivity index (χ3v) is 6.02. The molecule has 0 aliphatic carbocycles. The number of ether oxygens (including phenoxy) is 1. The predicted octanol–water partition coefficient (Wildman–Crippen LogP) is 2.24. The number of carbonyl (C=O) groups is 2. The molecular formula is C21H20N4O4S. The van der Waals surface area contributed by atoms with Crippen LogP contribution in [0.2, 0.25) is 0 Å². The number of nitrogens with zero attached hydrogens (tertiary/aromatic N) is 4. The van der Waals surface area contributed by atoms with Gasteiger partial charge in [-0.2, -0.15) is 0 Å². The van der Waals surface area contributed by atoms with Gasteiger partial charge in [0.15, 0.2) is 11.0 Å². The monoisotopic (exact) mass is 424 g/mol. The summed E-state index contributed by atoms with van der Waals surface area (Å²) in [6.45, 7) is -0.0669. The molecule has 154 valence electrons. The van der Waals surface area contributed by atoms with Crippen LogP contribution in [0.1, 0.15) is 20.7 Å². The van der Waals surface area contributed by atoms with Crippen LogP contribution >= 0.6 is 11.8 Å². The molecule has 2 heterocycles. The van der Waals surface area contributed by atoms with Crippen LogP contribution in [-0.4, -0.2) is 62.1 Å². The third-order valence-electron chi connectivity index (χ3n) is 4.86. The van der Waals surface area contributed by atoms with Crippen LogP contribution < -0.4 is 4.74 Å². The van der Waals surface area contributed by atoms with Gasteiger partial charge < -0.3 is 14.4 Å². The number of methoxy groups -OCH3 is 1. The lowest BCUT2D eigenvalue weighted by Crippen LogP contribution is -2.37. The number of thioether (sulfide) groups is 1. The molecule has 0 saturated carbocycles. The van der Waals surface area contributed by atoms with Crippen LogP contribution in [-0.2, 0) is 7.05 Å². The van der Waals surface area contributed by atoms with Crippen LogP contribution in [0.4, 0.5) is 0 Å². The smallest absolute Gasteiger partial charge is 0.261 e. The molecule has 0 bridgehead atoms. The van der Waals surface area contributed by atoms with Crippen LogP contribution in [0, 0.1) is 0 Å². The number of β-amino-alcohol motifs (C(OH)–C–C–N with tert-alkyl or cyclic N) is 1. The topological polar surface area (TPSA) is 97.6 Å². The van der Waals surface area contributed by atoms with E-state index in [0.29, 0.717) is 22.1 Å². The lowest BCUT2D eigenvalue weighted by molar-refractivity contribution is 0.0567. The Bertz CT molecular complexity index is 1060. The molecular weight excluding hydrogens is 404 g/mol. The molecule has 8 nitrogen and oxygen atoms in total. The summed E-state index contributed by atoms with van der Waals surface area (Å²) in [5.41, 5.74) is 1.64. The Kier molecular flexibility index (Phi) is 5.56. The number of aromatic nitrogens is 3. The van der Waals surface area contributed by atoms with E-state index in [9.17, 15) is 14.7 Å². The Morgan fingerprint density at radius 1 is 1.03 bits per heavy atom. The van der Waals surface area contributed by atoms with Crippen molar-refractivity contribution in [3.63, 3.8) is 0 Å². The summed E-state index contributed by atoms with van der Waals surface area (Å²) >= 11 is 1.31. The molecule has 0 radical (unpaired) electrons. The first kappa shape index (κ1) is 20.1. The van der Waals surface area contributed by atoms with Crippen molar-refractivity contribution in [3.8, 4) is 17.1 Å². The number of carbonyl (C=O) groups excluding carboxylic acids is 2. The molecule has 0 fully saturated rings. The van der Waals surface area contributed by atoms with Crippen molar-refractivity contribution in [1.29, 1.82) is 0 Å².